The Balaban J connectivity index is 1.63. The van der Waals surface area contributed by atoms with E-state index in [0.717, 1.165) is 29.9 Å². The number of carbonyl (C=O) groups is 2. The van der Waals surface area contributed by atoms with Gasteiger partial charge >= 0.3 is 5.91 Å². The predicted molar refractivity (Wildman–Crippen MR) is 137 cm³/mol. The van der Waals surface area contributed by atoms with Crippen molar-refractivity contribution in [2.45, 2.75) is 25.9 Å². The number of hydrogen-bond donors (Lipinski definition) is 2. The van der Waals surface area contributed by atoms with Crippen LogP contribution >= 0.6 is 0 Å². The van der Waals surface area contributed by atoms with Gasteiger partial charge in [0, 0.05) is 35.5 Å². The fourth-order valence-electron chi connectivity index (χ4n) is 4.32. The smallest absolute Gasteiger partial charge is 0.304 e. The first-order valence-corrected chi connectivity index (χ1v) is 11.8. The molecular weight excluding hydrogens is 440 g/mol. The van der Waals surface area contributed by atoms with Crippen LogP contribution in [0.4, 0.5) is 5.69 Å². The Hall–Kier alpha value is -4.13. The average Bonchev–Trinajstić information content (AvgIpc) is 3.20. The third-order valence-corrected chi connectivity index (χ3v) is 6.23. The minimum atomic E-state index is -0.766. The van der Waals surface area contributed by atoms with Gasteiger partial charge in [-0.3, -0.25) is 9.59 Å². The molecule has 0 radical (unpaired) electrons. The van der Waals surface area contributed by atoms with Crippen molar-refractivity contribution in [2.24, 2.45) is 0 Å². The van der Waals surface area contributed by atoms with Crippen LogP contribution in [-0.4, -0.2) is 49.0 Å². The lowest BCUT2D eigenvalue weighted by Gasteiger charge is -2.20. The van der Waals surface area contributed by atoms with Crippen molar-refractivity contribution in [1.82, 2.24) is 10.7 Å². The lowest BCUT2D eigenvalue weighted by Crippen LogP contribution is -2.42. The number of hydrogen-bond acceptors (Lipinski definition) is 4. The van der Waals surface area contributed by atoms with E-state index in [1.165, 1.54) is 0 Å². The molecular formula is C28H31N4O3+. The van der Waals surface area contributed by atoms with Gasteiger partial charge in [-0.1, -0.05) is 30.3 Å². The highest BCUT2D eigenvalue weighted by Gasteiger charge is 2.47. The minimum absolute atomic E-state index is 0.267. The molecule has 3 aromatic carbocycles. The van der Waals surface area contributed by atoms with Crippen molar-refractivity contribution >= 4 is 23.7 Å². The highest BCUT2D eigenvalue weighted by Crippen LogP contribution is 2.26. The number of rotatable bonds is 8. The van der Waals surface area contributed by atoms with Crippen LogP contribution in [0.25, 0.3) is 0 Å². The molecule has 2 N–H and O–H groups in total. The molecule has 0 bridgehead atoms. The summed E-state index contributed by atoms with van der Waals surface area (Å²) in [5.74, 6) is 0.0750. The summed E-state index contributed by atoms with van der Waals surface area (Å²) in [6.07, 6.45) is 1.90. The second kappa shape index (κ2) is 10.9. The van der Waals surface area contributed by atoms with Crippen molar-refractivity contribution in [3.63, 3.8) is 0 Å². The van der Waals surface area contributed by atoms with E-state index in [4.69, 9.17) is 4.74 Å². The van der Waals surface area contributed by atoms with Crippen LogP contribution in [0.1, 0.15) is 41.4 Å². The van der Waals surface area contributed by atoms with E-state index >= 15 is 0 Å². The fourth-order valence-corrected chi connectivity index (χ4v) is 4.32. The first-order chi connectivity index (χ1) is 17.0. The molecule has 1 aliphatic rings. The standard InChI is InChI=1S/C28H30N4O3/c1-4-31(5-2)23-15-11-20(12-16-23)19-32-26(21-9-7-6-8-10-21)25(28(34)30-32)29-27(33)22-13-17-24(35-3)18-14-22/h6-19,25-26H,4-5H2,1-3H3,(H-,29,30,33,34)/p+1/t25-,26-/m0/s1. The Labute approximate surface area is 206 Å². The van der Waals surface area contributed by atoms with Gasteiger partial charge in [0.05, 0.1) is 7.11 Å². The number of methoxy groups -OCH3 is 1. The number of carbonyl (C=O) groups excluding carboxylic acids is 2. The molecule has 3 aromatic rings. The quantitative estimate of drug-likeness (QED) is 0.493. The topological polar surface area (TPSA) is 73.7 Å². The van der Waals surface area contributed by atoms with Crippen molar-refractivity contribution in [3.8, 4) is 5.75 Å². The molecule has 2 atom stereocenters. The molecule has 1 aliphatic heterocycles. The summed E-state index contributed by atoms with van der Waals surface area (Å²) in [7, 11) is 1.57. The Bertz CT molecular complexity index is 1190. The zero-order valence-corrected chi connectivity index (χ0v) is 20.3. The lowest BCUT2D eigenvalue weighted by atomic mass is 10.00. The summed E-state index contributed by atoms with van der Waals surface area (Å²) in [6.45, 7) is 6.14. The number of hydrazine groups is 1. The minimum Gasteiger partial charge on any atom is -0.497 e. The average molecular weight is 472 g/mol. The number of nitrogens with one attached hydrogen (secondary N) is 2. The second-order valence-electron chi connectivity index (χ2n) is 8.31. The van der Waals surface area contributed by atoms with Crippen molar-refractivity contribution in [1.29, 1.82) is 0 Å². The van der Waals surface area contributed by atoms with Gasteiger partial charge in [0.1, 0.15) is 5.75 Å². The second-order valence-corrected chi connectivity index (χ2v) is 8.31. The van der Waals surface area contributed by atoms with Gasteiger partial charge < -0.3 is 15.0 Å². The molecule has 1 saturated heterocycles. The number of benzene rings is 3. The summed E-state index contributed by atoms with van der Waals surface area (Å²) < 4.78 is 6.95. The Morgan fingerprint density at radius 1 is 1.00 bits per heavy atom. The Kier molecular flexibility index (Phi) is 7.45. The van der Waals surface area contributed by atoms with Crippen molar-refractivity contribution in [2.75, 3.05) is 25.1 Å². The van der Waals surface area contributed by atoms with E-state index in [9.17, 15) is 9.59 Å². The Morgan fingerprint density at radius 3 is 2.26 bits per heavy atom. The van der Waals surface area contributed by atoms with E-state index in [-0.39, 0.29) is 11.8 Å². The fraction of sp³-hybridized carbons (Fsp3) is 0.250. The summed E-state index contributed by atoms with van der Waals surface area (Å²) >= 11 is 0. The maximum absolute atomic E-state index is 13.0. The van der Waals surface area contributed by atoms with Crippen molar-refractivity contribution < 1.29 is 19.0 Å². The van der Waals surface area contributed by atoms with E-state index in [2.05, 4.69) is 41.6 Å². The van der Waals surface area contributed by atoms with Crippen LogP contribution in [-0.2, 0) is 4.79 Å². The summed E-state index contributed by atoms with van der Waals surface area (Å²) in [4.78, 5) is 28.3. The van der Waals surface area contributed by atoms with Crippen LogP contribution < -0.4 is 20.4 Å². The highest BCUT2D eigenvalue weighted by atomic mass is 16.5. The van der Waals surface area contributed by atoms with Gasteiger partial charge in [-0.15, -0.1) is 10.1 Å². The monoisotopic (exact) mass is 471 g/mol. The first-order valence-electron chi connectivity index (χ1n) is 11.8. The van der Waals surface area contributed by atoms with Crippen LogP contribution in [0.3, 0.4) is 0 Å². The summed E-state index contributed by atoms with van der Waals surface area (Å²) in [6, 6.07) is 23.6. The van der Waals surface area contributed by atoms with Gasteiger partial charge in [0.15, 0.2) is 6.04 Å². The van der Waals surface area contributed by atoms with E-state index in [0.29, 0.717) is 11.3 Å². The number of amides is 2. The van der Waals surface area contributed by atoms with E-state index < -0.39 is 12.1 Å². The Morgan fingerprint density at radius 2 is 1.66 bits per heavy atom. The molecule has 7 heteroatoms. The van der Waals surface area contributed by atoms with E-state index in [1.807, 2.05) is 48.7 Å². The molecule has 4 rings (SSSR count). The van der Waals surface area contributed by atoms with E-state index in [1.54, 1.807) is 36.1 Å². The maximum Gasteiger partial charge on any atom is 0.304 e. The molecule has 1 fully saturated rings. The van der Waals surface area contributed by atoms with Gasteiger partial charge in [-0.05, 0) is 62.4 Å². The van der Waals surface area contributed by atoms with Crippen LogP contribution in [0, 0.1) is 0 Å². The zero-order valence-electron chi connectivity index (χ0n) is 20.3. The van der Waals surface area contributed by atoms with Gasteiger partial charge in [-0.25, -0.2) is 0 Å². The first kappa shape index (κ1) is 24.0. The van der Waals surface area contributed by atoms with Crippen LogP contribution in [0.5, 0.6) is 5.75 Å². The predicted octanol–water partition coefficient (Wildman–Crippen LogP) is 3.56. The van der Waals surface area contributed by atoms with Crippen LogP contribution in [0.15, 0.2) is 78.9 Å². The molecule has 0 spiro atoms. The molecule has 0 aromatic heterocycles. The molecule has 35 heavy (non-hydrogen) atoms. The van der Waals surface area contributed by atoms with Gasteiger partial charge in [0.2, 0.25) is 12.3 Å². The lowest BCUT2D eigenvalue weighted by molar-refractivity contribution is -0.596. The van der Waals surface area contributed by atoms with Gasteiger partial charge in [0.25, 0.3) is 5.91 Å². The molecule has 0 unspecified atom stereocenters. The SMILES string of the molecule is CCN(CC)c1ccc(/C=[N+]2\NC(=O)[C@@H](NC(=O)c3ccc(OC)cc3)[C@@H]2c2ccccc2)cc1. The number of nitrogens with zero attached hydrogens (tertiary/aromatic N) is 2. The normalized spacial score (nSPS) is 18.3. The molecule has 0 aliphatic carbocycles. The molecule has 1 heterocycles. The summed E-state index contributed by atoms with van der Waals surface area (Å²) in [5.41, 5.74) is 6.41. The van der Waals surface area contributed by atoms with Crippen LogP contribution in [0.2, 0.25) is 0 Å². The molecule has 2 amide bonds. The third-order valence-electron chi connectivity index (χ3n) is 6.23. The van der Waals surface area contributed by atoms with Crippen molar-refractivity contribution in [3.05, 3.63) is 95.6 Å². The largest absolute Gasteiger partial charge is 0.497 e. The summed E-state index contributed by atoms with van der Waals surface area (Å²) in [5, 5.41) is 2.93. The molecule has 7 nitrogen and oxygen atoms in total. The third kappa shape index (κ3) is 5.35. The number of hydrazone groups is 1. The maximum atomic E-state index is 13.0. The zero-order chi connectivity index (χ0) is 24.8. The molecule has 0 saturated carbocycles. The molecule has 180 valence electrons. The number of anilines is 1. The van der Waals surface area contributed by atoms with Gasteiger partial charge in [-0.2, -0.15) is 0 Å². The number of ether oxygens (including phenoxy) is 1. The highest BCUT2D eigenvalue weighted by molar-refractivity contribution is 5.98.